The number of benzene rings is 1. The number of aromatic amines is 1. The van der Waals surface area contributed by atoms with Gasteiger partial charge in [-0.25, -0.2) is 0 Å². The number of nitrogens with zero attached hydrogens (tertiary/aromatic N) is 1. The number of ether oxygens (including phenoxy) is 2. The molecule has 1 aromatic carbocycles. The van der Waals surface area contributed by atoms with E-state index < -0.39 is 0 Å². The third kappa shape index (κ3) is 5.84. The summed E-state index contributed by atoms with van der Waals surface area (Å²) in [5.74, 6) is 1.09. The van der Waals surface area contributed by atoms with Crippen LogP contribution in [-0.4, -0.2) is 57.2 Å². The summed E-state index contributed by atoms with van der Waals surface area (Å²) in [4.78, 5) is 19.5. The SMILES string of the molecule is C1CNC1.CNCCc1[nH]c(-c2ccncc2OC)c(Nc2cccc(Cl)c2OC)c1C=O. The lowest BCUT2D eigenvalue weighted by Crippen LogP contribution is -2.29. The zero-order valence-corrected chi connectivity index (χ0v) is 19.9. The summed E-state index contributed by atoms with van der Waals surface area (Å²) in [5.41, 5.74) is 4.12. The van der Waals surface area contributed by atoms with Crippen LogP contribution in [0.4, 0.5) is 11.4 Å². The van der Waals surface area contributed by atoms with Gasteiger partial charge in [0.05, 0.1) is 48.1 Å². The van der Waals surface area contributed by atoms with Gasteiger partial charge in [-0.15, -0.1) is 0 Å². The number of carbonyl (C=O) groups excluding carboxylic acids is 1. The number of aldehydes is 1. The molecule has 1 fully saturated rings. The minimum atomic E-state index is 0.471. The summed E-state index contributed by atoms with van der Waals surface area (Å²) < 4.78 is 10.9. The van der Waals surface area contributed by atoms with Crippen LogP contribution in [0.5, 0.6) is 11.5 Å². The summed E-state index contributed by atoms with van der Waals surface area (Å²) >= 11 is 6.27. The topological polar surface area (TPSA) is 100 Å². The Morgan fingerprint density at radius 3 is 2.58 bits per heavy atom. The van der Waals surface area contributed by atoms with E-state index in [-0.39, 0.29) is 0 Å². The molecule has 9 heteroatoms. The Morgan fingerprint density at radius 1 is 1.21 bits per heavy atom. The first-order chi connectivity index (χ1) is 16.1. The summed E-state index contributed by atoms with van der Waals surface area (Å²) in [7, 11) is 5.00. The maximum Gasteiger partial charge on any atom is 0.160 e. The molecular weight excluding hydrogens is 442 g/mol. The summed E-state index contributed by atoms with van der Waals surface area (Å²) in [5, 5.41) is 10.0. The van der Waals surface area contributed by atoms with Crippen LogP contribution in [0.2, 0.25) is 5.02 Å². The van der Waals surface area contributed by atoms with E-state index in [1.165, 1.54) is 19.5 Å². The van der Waals surface area contributed by atoms with Gasteiger partial charge < -0.3 is 30.4 Å². The third-order valence-corrected chi connectivity index (χ3v) is 5.57. The van der Waals surface area contributed by atoms with Crippen LogP contribution in [0.3, 0.4) is 0 Å². The highest BCUT2D eigenvalue weighted by Crippen LogP contribution is 2.41. The lowest BCUT2D eigenvalue weighted by molar-refractivity contribution is 0.112. The van der Waals surface area contributed by atoms with Crippen LogP contribution in [0.15, 0.2) is 36.7 Å². The third-order valence-electron chi connectivity index (χ3n) is 5.27. The van der Waals surface area contributed by atoms with Gasteiger partial charge in [-0.3, -0.25) is 9.78 Å². The highest BCUT2D eigenvalue weighted by atomic mass is 35.5. The normalized spacial score (nSPS) is 12.2. The van der Waals surface area contributed by atoms with Crippen molar-refractivity contribution in [3.8, 4) is 22.8 Å². The minimum absolute atomic E-state index is 0.471. The molecule has 4 rings (SSSR count). The fourth-order valence-electron chi connectivity index (χ4n) is 3.35. The van der Waals surface area contributed by atoms with Crippen LogP contribution in [0, 0.1) is 0 Å². The highest BCUT2D eigenvalue weighted by molar-refractivity contribution is 6.32. The van der Waals surface area contributed by atoms with Gasteiger partial charge in [0.25, 0.3) is 0 Å². The molecule has 0 saturated carbocycles. The van der Waals surface area contributed by atoms with Crippen molar-refractivity contribution in [2.24, 2.45) is 0 Å². The maximum atomic E-state index is 12.0. The first-order valence-electron chi connectivity index (χ1n) is 10.8. The Balaban J connectivity index is 0.000000690. The van der Waals surface area contributed by atoms with Crippen molar-refractivity contribution in [3.63, 3.8) is 0 Å². The number of nitrogens with one attached hydrogen (secondary N) is 4. The average molecular weight is 472 g/mol. The summed E-state index contributed by atoms with van der Waals surface area (Å²) in [6.45, 7) is 3.22. The van der Waals surface area contributed by atoms with E-state index in [1.807, 2.05) is 25.2 Å². The van der Waals surface area contributed by atoms with Crippen molar-refractivity contribution in [3.05, 3.63) is 52.9 Å². The molecule has 0 radical (unpaired) electrons. The Hall–Kier alpha value is -3.07. The number of methoxy groups -OCH3 is 2. The van der Waals surface area contributed by atoms with E-state index in [4.69, 9.17) is 21.1 Å². The molecule has 4 N–H and O–H groups in total. The monoisotopic (exact) mass is 471 g/mol. The molecule has 1 aliphatic heterocycles. The zero-order chi connectivity index (χ0) is 23.6. The first kappa shape index (κ1) is 24.6. The van der Waals surface area contributed by atoms with Crippen LogP contribution < -0.4 is 25.4 Å². The number of aromatic nitrogens is 2. The molecule has 8 nitrogen and oxygen atoms in total. The van der Waals surface area contributed by atoms with Crippen molar-refractivity contribution in [2.75, 3.05) is 46.2 Å². The second-order valence-corrected chi connectivity index (χ2v) is 7.77. The molecule has 0 amide bonds. The van der Waals surface area contributed by atoms with Gasteiger partial charge in [-0.2, -0.15) is 0 Å². The average Bonchev–Trinajstić information content (AvgIpc) is 3.13. The highest BCUT2D eigenvalue weighted by Gasteiger charge is 2.22. The molecule has 0 unspecified atom stereocenters. The van der Waals surface area contributed by atoms with Crippen LogP contribution in [0.25, 0.3) is 11.3 Å². The van der Waals surface area contributed by atoms with Gasteiger partial charge >= 0.3 is 0 Å². The quantitative estimate of drug-likeness (QED) is 0.349. The van der Waals surface area contributed by atoms with Crippen molar-refractivity contribution < 1.29 is 14.3 Å². The smallest absolute Gasteiger partial charge is 0.160 e. The number of para-hydroxylation sites is 1. The zero-order valence-electron chi connectivity index (χ0n) is 19.1. The molecule has 0 bridgehead atoms. The van der Waals surface area contributed by atoms with Gasteiger partial charge in [-0.05, 0) is 44.8 Å². The predicted octanol–water partition coefficient (Wildman–Crippen LogP) is 4.05. The number of pyridine rings is 1. The lowest BCUT2D eigenvalue weighted by atomic mass is 10.1. The molecule has 1 saturated heterocycles. The molecule has 3 aromatic rings. The number of H-pyrrole nitrogens is 1. The lowest BCUT2D eigenvalue weighted by Gasteiger charge is -2.14. The fraction of sp³-hybridized carbons (Fsp3) is 0.333. The molecule has 3 heterocycles. The number of rotatable bonds is 9. The van der Waals surface area contributed by atoms with Crippen LogP contribution in [0.1, 0.15) is 22.5 Å². The number of anilines is 2. The minimum Gasteiger partial charge on any atom is -0.494 e. The summed E-state index contributed by atoms with van der Waals surface area (Å²) in [6.07, 6.45) is 6.20. The van der Waals surface area contributed by atoms with Crippen molar-refractivity contribution >= 4 is 29.3 Å². The second-order valence-electron chi connectivity index (χ2n) is 7.36. The van der Waals surface area contributed by atoms with Gasteiger partial charge in [0, 0.05) is 30.4 Å². The van der Waals surface area contributed by atoms with Gasteiger partial charge in [-0.1, -0.05) is 17.7 Å². The number of halogens is 1. The largest absolute Gasteiger partial charge is 0.494 e. The van der Waals surface area contributed by atoms with E-state index in [0.717, 1.165) is 23.2 Å². The van der Waals surface area contributed by atoms with Crippen molar-refractivity contribution in [2.45, 2.75) is 12.8 Å². The van der Waals surface area contributed by atoms with E-state index >= 15 is 0 Å². The molecule has 33 heavy (non-hydrogen) atoms. The Kier molecular flexibility index (Phi) is 9.12. The van der Waals surface area contributed by atoms with Crippen LogP contribution >= 0.6 is 11.6 Å². The van der Waals surface area contributed by atoms with Gasteiger partial charge in [0.2, 0.25) is 0 Å². The number of hydrogen-bond acceptors (Lipinski definition) is 7. The molecular formula is C24H30ClN5O3. The van der Waals surface area contributed by atoms with E-state index in [0.29, 0.717) is 46.4 Å². The number of carbonyl (C=O) groups is 1. The molecule has 176 valence electrons. The Bertz CT molecular complexity index is 1060. The molecule has 0 aliphatic carbocycles. The Morgan fingerprint density at radius 2 is 1.97 bits per heavy atom. The predicted molar refractivity (Wildman–Crippen MR) is 132 cm³/mol. The number of hydrogen-bond donors (Lipinski definition) is 4. The maximum absolute atomic E-state index is 12.0. The van der Waals surface area contributed by atoms with E-state index in [1.54, 1.807) is 32.7 Å². The van der Waals surface area contributed by atoms with Gasteiger partial charge in [0.15, 0.2) is 12.0 Å². The second kappa shape index (κ2) is 12.2. The first-order valence-corrected chi connectivity index (χ1v) is 11.2. The number of likely N-dealkylation sites (N-methyl/N-ethyl adjacent to an activating group) is 1. The fourth-order valence-corrected chi connectivity index (χ4v) is 3.60. The van der Waals surface area contributed by atoms with Crippen molar-refractivity contribution in [1.29, 1.82) is 0 Å². The standard InChI is InChI=1S/C21H23ClN4O3.C3H7N/c1-23-9-8-16-14(12-27)20(26-17-6-4-5-15(22)21(17)29-3)19(25-16)13-7-10-24-11-18(13)28-2;1-2-4-3-1/h4-7,10-12,23,25-26H,8-9H2,1-3H3;4H,1-3H2. The molecule has 2 aromatic heterocycles. The molecule has 1 aliphatic rings. The Labute approximate surface area is 199 Å². The van der Waals surface area contributed by atoms with E-state index in [9.17, 15) is 4.79 Å². The van der Waals surface area contributed by atoms with Crippen molar-refractivity contribution in [1.82, 2.24) is 20.6 Å². The van der Waals surface area contributed by atoms with Gasteiger partial charge in [0.1, 0.15) is 5.75 Å². The molecule has 0 spiro atoms. The molecule has 0 atom stereocenters. The van der Waals surface area contributed by atoms with Crippen LogP contribution in [-0.2, 0) is 6.42 Å². The summed E-state index contributed by atoms with van der Waals surface area (Å²) in [6, 6.07) is 7.23. The van der Waals surface area contributed by atoms with E-state index in [2.05, 4.69) is 25.9 Å².